The van der Waals surface area contributed by atoms with E-state index in [4.69, 9.17) is 0 Å². The number of benzene rings is 12. The lowest BCUT2D eigenvalue weighted by Gasteiger charge is -2.26. The summed E-state index contributed by atoms with van der Waals surface area (Å²) in [5, 5.41) is 7.64. The van der Waals surface area contributed by atoms with Gasteiger partial charge in [0.2, 0.25) is 0 Å². The molecule has 0 atom stereocenters. The van der Waals surface area contributed by atoms with Crippen LogP contribution in [0.5, 0.6) is 0 Å². The summed E-state index contributed by atoms with van der Waals surface area (Å²) in [4.78, 5) is 2.37. The van der Waals surface area contributed by atoms with Crippen LogP contribution in [0.15, 0.2) is 279 Å². The van der Waals surface area contributed by atoms with Gasteiger partial charge in [0.05, 0.1) is 11.0 Å². The minimum atomic E-state index is 1.09. The lowest BCUT2D eigenvalue weighted by atomic mass is 9.96. The first kappa shape index (κ1) is 42.6. The van der Waals surface area contributed by atoms with Crippen LogP contribution in [0, 0.1) is 0 Å². The van der Waals surface area contributed by atoms with E-state index in [9.17, 15) is 0 Å². The van der Waals surface area contributed by atoms with E-state index in [-0.39, 0.29) is 0 Å². The molecule has 3 heteroatoms. The molecule has 2 heterocycles. The molecular formula is C70H46N2S. The smallest absolute Gasteiger partial charge is 0.0541 e. The second-order valence-electron chi connectivity index (χ2n) is 18.9. The normalized spacial score (nSPS) is 11.6. The number of nitrogens with zero attached hydrogens (tertiary/aromatic N) is 2. The SMILES string of the molecule is c1ccc(-n2c3ccccc3c3cc(-c4ccc(N(c5ccc(-c6ccc(-c7cccc(-c8ccc9ccccc9c8)c7)cc6)cc5)c5ccc(-c6ccc7sc8ccccc8c7c6)cc5)cc4)ccc32)cc1. The highest BCUT2D eigenvalue weighted by Crippen LogP contribution is 2.41. The Balaban J connectivity index is 0.791. The second kappa shape index (κ2) is 17.8. The van der Waals surface area contributed by atoms with Crippen molar-refractivity contribution in [3.8, 4) is 61.3 Å². The van der Waals surface area contributed by atoms with Crippen molar-refractivity contribution in [3.05, 3.63) is 279 Å². The van der Waals surface area contributed by atoms with E-state index in [1.165, 1.54) is 108 Å². The van der Waals surface area contributed by atoms with Crippen LogP contribution in [0.1, 0.15) is 0 Å². The number of rotatable bonds is 9. The summed E-state index contributed by atoms with van der Waals surface area (Å²) in [5.74, 6) is 0. The molecule has 0 aliphatic rings. The van der Waals surface area contributed by atoms with Gasteiger partial charge in [-0.2, -0.15) is 0 Å². The molecule has 0 N–H and O–H groups in total. The fourth-order valence-corrected chi connectivity index (χ4v) is 12.0. The molecular weight excluding hydrogens is 901 g/mol. The summed E-state index contributed by atoms with van der Waals surface area (Å²) in [6, 6.07) is 102. The Morgan fingerprint density at radius 1 is 0.247 bits per heavy atom. The molecule has 12 aromatic carbocycles. The fraction of sp³-hybridized carbons (Fsp3) is 0. The summed E-state index contributed by atoms with van der Waals surface area (Å²) in [6.45, 7) is 0. The van der Waals surface area contributed by atoms with E-state index >= 15 is 0 Å². The van der Waals surface area contributed by atoms with E-state index in [0.717, 1.165) is 22.7 Å². The Morgan fingerprint density at radius 3 is 1.36 bits per heavy atom. The maximum absolute atomic E-state index is 2.37. The molecule has 0 aliphatic carbocycles. The Labute approximate surface area is 428 Å². The maximum Gasteiger partial charge on any atom is 0.0541 e. The molecule has 0 spiro atoms. The van der Waals surface area contributed by atoms with Gasteiger partial charge < -0.3 is 9.47 Å². The van der Waals surface area contributed by atoms with Crippen molar-refractivity contribution in [1.82, 2.24) is 4.57 Å². The number of anilines is 3. The minimum absolute atomic E-state index is 1.09. The van der Waals surface area contributed by atoms with Gasteiger partial charge in [-0.3, -0.25) is 0 Å². The molecule has 73 heavy (non-hydrogen) atoms. The van der Waals surface area contributed by atoms with E-state index < -0.39 is 0 Å². The summed E-state index contributed by atoms with van der Waals surface area (Å²) in [5.41, 5.74) is 18.8. The van der Waals surface area contributed by atoms with E-state index in [0.29, 0.717) is 0 Å². The molecule has 14 rings (SSSR count). The monoisotopic (exact) mass is 946 g/mol. The number of aromatic nitrogens is 1. The van der Waals surface area contributed by atoms with Crippen LogP contribution in [0.25, 0.3) is 114 Å². The van der Waals surface area contributed by atoms with Gasteiger partial charge >= 0.3 is 0 Å². The van der Waals surface area contributed by atoms with Crippen LogP contribution >= 0.6 is 11.3 Å². The summed E-state index contributed by atoms with van der Waals surface area (Å²) in [6.07, 6.45) is 0. The van der Waals surface area contributed by atoms with Crippen LogP contribution in [0.2, 0.25) is 0 Å². The third-order valence-electron chi connectivity index (χ3n) is 14.6. The van der Waals surface area contributed by atoms with Crippen molar-refractivity contribution >= 4 is 81.1 Å². The Kier molecular flexibility index (Phi) is 10.4. The third kappa shape index (κ3) is 7.75. The molecule has 2 aromatic heterocycles. The molecule has 0 aliphatic heterocycles. The molecule has 0 amide bonds. The van der Waals surface area contributed by atoms with Gasteiger partial charge in [-0.15, -0.1) is 11.3 Å². The highest BCUT2D eigenvalue weighted by molar-refractivity contribution is 7.25. The van der Waals surface area contributed by atoms with Crippen molar-refractivity contribution in [1.29, 1.82) is 0 Å². The fourth-order valence-electron chi connectivity index (χ4n) is 10.9. The number of hydrogen-bond donors (Lipinski definition) is 0. The zero-order valence-electron chi connectivity index (χ0n) is 39.9. The number of para-hydroxylation sites is 2. The largest absolute Gasteiger partial charge is 0.311 e. The Bertz CT molecular complexity index is 4340. The molecule has 0 bridgehead atoms. The third-order valence-corrected chi connectivity index (χ3v) is 15.8. The van der Waals surface area contributed by atoms with Crippen LogP contribution in [0.3, 0.4) is 0 Å². The van der Waals surface area contributed by atoms with E-state index in [2.05, 4.69) is 289 Å². The summed E-state index contributed by atoms with van der Waals surface area (Å²) >= 11 is 1.86. The number of thiophene rings is 1. The summed E-state index contributed by atoms with van der Waals surface area (Å²) in [7, 11) is 0. The maximum atomic E-state index is 2.37. The van der Waals surface area contributed by atoms with E-state index in [1.54, 1.807) is 0 Å². The first-order valence-corrected chi connectivity index (χ1v) is 25.8. The van der Waals surface area contributed by atoms with Gasteiger partial charge in [-0.25, -0.2) is 0 Å². The molecule has 0 unspecified atom stereocenters. The zero-order chi connectivity index (χ0) is 48.2. The second-order valence-corrected chi connectivity index (χ2v) is 20.0. The Morgan fingerprint density at radius 2 is 0.685 bits per heavy atom. The first-order valence-electron chi connectivity index (χ1n) is 25.0. The molecule has 0 radical (unpaired) electrons. The van der Waals surface area contributed by atoms with Gasteiger partial charge in [0, 0.05) is 53.7 Å². The highest BCUT2D eigenvalue weighted by Gasteiger charge is 2.17. The molecule has 0 saturated carbocycles. The van der Waals surface area contributed by atoms with Crippen LogP contribution in [0.4, 0.5) is 17.1 Å². The Hall–Kier alpha value is -9.28. The van der Waals surface area contributed by atoms with Crippen LogP contribution < -0.4 is 4.90 Å². The van der Waals surface area contributed by atoms with Crippen molar-refractivity contribution in [2.24, 2.45) is 0 Å². The molecule has 342 valence electrons. The topological polar surface area (TPSA) is 8.17 Å². The predicted octanol–water partition coefficient (Wildman–Crippen LogP) is 20.1. The standard InChI is InChI=1S/C70H46N2S/c1-2-15-59(16-3-1)72-67-19-8-6-17-63(67)65-45-57(33-41-68(65)72)51-29-37-61(38-30-51)71(62-39-31-52(32-40-62)58-34-42-70-66(46-58)64-18-7-9-20-69(64)73-70)60-35-27-49(28-36-60)48-21-23-50(24-22-48)54-13-10-14-55(43-54)56-26-25-47-11-4-5-12-53(47)44-56/h1-46H. The minimum Gasteiger partial charge on any atom is -0.311 e. The highest BCUT2D eigenvalue weighted by atomic mass is 32.1. The summed E-state index contributed by atoms with van der Waals surface area (Å²) < 4.78 is 5.01. The molecule has 0 fully saturated rings. The van der Waals surface area contributed by atoms with Gasteiger partial charge in [-0.1, -0.05) is 182 Å². The van der Waals surface area contributed by atoms with E-state index in [1.807, 2.05) is 11.3 Å². The lowest BCUT2D eigenvalue weighted by Crippen LogP contribution is -2.09. The van der Waals surface area contributed by atoms with Crippen LogP contribution in [-0.4, -0.2) is 4.57 Å². The number of fused-ring (bicyclic) bond motifs is 7. The average Bonchev–Trinajstić information content (AvgIpc) is 4.01. The van der Waals surface area contributed by atoms with Crippen molar-refractivity contribution in [2.45, 2.75) is 0 Å². The predicted molar refractivity (Wildman–Crippen MR) is 313 cm³/mol. The van der Waals surface area contributed by atoms with Gasteiger partial charge in [-0.05, 0) is 163 Å². The first-order chi connectivity index (χ1) is 36.1. The molecule has 2 nitrogen and oxygen atoms in total. The van der Waals surface area contributed by atoms with Gasteiger partial charge in [0.1, 0.15) is 0 Å². The van der Waals surface area contributed by atoms with Crippen molar-refractivity contribution in [2.75, 3.05) is 4.90 Å². The van der Waals surface area contributed by atoms with Crippen molar-refractivity contribution in [3.63, 3.8) is 0 Å². The number of hydrogen-bond acceptors (Lipinski definition) is 2. The lowest BCUT2D eigenvalue weighted by molar-refractivity contribution is 1.18. The molecule has 14 aromatic rings. The quantitative estimate of drug-likeness (QED) is 0.140. The zero-order valence-corrected chi connectivity index (χ0v) is 40.7. The average molecular weight is 947 g/mol. The molecule has 0 saturated heterocycles. The van der Waals surface area contributed by atoms with Gasteiger partial charge in [0.15, 0.2) is 0 Å². The van der Waals surface area contributed by atoms with Gasteiger partial charge in [0.25, 0.3) is 0 Å². The van der Waals surface area contributed by atoms with Crippen molar-refractivity contribution < 1.29 is 0 Å². The van der Waals surface area contributed by atoms with Crippen LogP contribution in [-0.2, 0) is 0 Å².